The molecule has 6 nitrogen and oxygen atoms in total. The first-order valence-corrected chi connectivity index (χ1v) is 9.42. The van der Waals surface area contributed by atoms with Crippen LogP contribution in [0.2, 0.25) is 0 Å². The number of para-hydroxylation sites is 1. The van der Waals surface area contributed by atoms with Gasteiger partial charge in [-0.1, -0.05) is 36.3 Å². The zero-order valence-electron chi connectivity index (χ0n) is 16.0. The van der Waals surface area contributed by atoms with Gasteiger partial charge in [0.2, 0.25) is 5.91 Å². The molecule has 1 aliphatic heterocycles. The number of amides is 1. The predicted molar refractivity (Wildman–Crippen MR) is 102 cm³/mol. The van der Waals surface area contributed by atoms with Gasteiger partial charge in [-0.15, -0.1) is 13.2 Å². The van der Waals surface area contributed by atoms with Crippen molar-refractivity contribution >= 4 is 11.6 Å². The summed E-state index contributed by atoms with van der Waals surface area (Å²) in [5.41, 5.74) is 1.99. The average molecular weight is 417 g/mol. The quantitative estimate of drug-likeness (QED) is 0.601. The Hall–Kier alpha value is -3.36. The third kappa shape index (κ3) is 4.14. The molecular formula is C21H18F3N3O3. The highest BCUT2D eigenvalue weighted by molar-refractivity contribution is 5.96. The van der Waals surface area contributed by atoms with Crippen molar-refractivity contribution in [1.82, 2.24) is 10.1 Å². The minimum atomic E-state index is -4.84. The maximum Gasteiger partial charge on any atom is 0.573 e. The predicted octanol–water partition coefficient (Wildman–Crippen LogP) is 4.72. The minimum Gasteiger partial charge on any atom is -0.405 e. The Labute approximate surface area is 170 Å². The molecule has 1 aromatic heterocycles. The summed E-state index contributed by atoms with van der Waals surface area (Å²) in [4.78, 5) is 18.4. The van der Waals surface area contributed by atoms with Gasteiger partial charge in [0, 0.05) is 24.6 Å². The lowest BCUT2D eigenvalue weighted by Gasteiger charge is -2.16. The highest BCUT2D eigenvalue weighted by atomic mass is 19.4. The number of hydrogen-bond acceptors (Lipinski definition) is 5. The topological polar surface area (TPSA) is 68.5 Å². The monoisotopic (exact) mass is 417 g/mol. The standard InChI is InChI=1S/C21H18F3N3O3/c1-2-13-7-9-15(10-8-13)27-12-14(11-18(27)28)19-25-20(30-26-19)16-5-3-4-6-17(16)29-21(22,23)24/h3-10,14H,2,11-12H2,1H3. The lowest BCUT2D eigenvalue weighted by Crippen LogP contribution is -2.24. The Bertz CT molecular complexity index is 1050. The molecule has 2 heterocycles. The maximum absolute atomic E-state index is 12.7. The van der Waals surface area contributed by atoms with Crippen molar-refractivity contribution in [2.24, 2.45) is 0 Å². The number of aryl methyl sites for hydroxylation is 1. The van der Waals surface area contributed by atoms with E-state index in [-0.39, 0.29) is 35.5 Å². The summed E-state index contributed by atoms with van der Waals surface area (Å²) in [5.74, 6) is -0.649. The third-order valence-corrected chi connectivity index (χ3v) is 4.93. The highest BCUT2D eigenvalue weighted by Crippen LogP contribution is 2.35. The molecule has 2 aromatic carbocycles. The van der Waals surface area contributed by atoms with E-state index >= 15 is 0 Å². The van der Waals surface area contributed by atoms with Gasteiger partial charge in [0.05, 0.1) is 5.56 Å². The fourth-order valence-corrected chi connectivity index (χ4v) is 3.41. The van der Waals surface area contributed by atoms with Crippen molar-refractivity contribution in [3.63, 3.8) is 0 Å². The molecule has 1 atom stereocenters. The van der Waals surface area contributed by atoms with E-state index in [0.29, 0.717) is 6.54 Å². The van der Waals surface area contributed by atoms with Crippen LogP contribution in [0.3, 0.4) is 0 Å². The Kier molecular flexibility index (Phi) is 5.19. The fourth-order valence-electron chi connectivity index (χ4n) is 3.41. The van der Waals surface area contributed by atoms with Crippen LogP contribution in [0.1, 0.15) is 30.7 Å². The number of aromatic nitrogens is 2. The Morgan fingerprint density at radius 2 is 1.90 bits per heavy atom. The molecule has 156 valence electrons. The zero-order chi connectivity index (χ0) is 21.3. The van der Waals surface area contributed by atoms with Gasteiger partial charge in [-0.25, -0.2) is 0 Å². The smallest absolute Gasteiger partial charge is 0.405 e. The lowest BCUT2D eigenvalue weighted by molar-refractivity contribution is -0.274. The van der Waals surface area contributed by atoms with E-state index in [9.17, 15) is 18.0 Å². The van der Waals surface area contributed by atoms with Gasteiger partial charge in [0.1, 0.15) is 5.75 Å². The number of carbonyl (C=O) groups is 1. The van der Waals surface area contributed by atoms with E-state index < -0.39 is 12.1 Å². The van der Waals surface area contributed by atoms with Crippen LogP contribution in [0.15, 0.2) is 53.1 Å². The van der Waals surface area contributed by atoms with E-state index in [2.05, 4.69) is 21.8 Å². The summed E-state index contributed by atoms with van der Waals surface area (Å²) in [5, 5.41) is 3.90. The summed E-state index contributed by atoms with van der Waals surface area (Å²) in [6, 6.07) is 13.3. The van der Waals surface area contributed by atoms with Crippen molar-refractivity contribution in [1.29, 1.82) is 0 Å². The van der Waals surface area contributed by atoms with Crippen LogP contribution < -0.4 is 9.64 Å². The van der Waals surface area contributed by atoms with Crippen LogP contribution in [0.25, 0.3) is 11.5 Å². The summed E-state index contributed by atoms with van der Waals surface area (Å²) < 4.78 is 47.2. The first-order valence-electron chi connectivity index (χ1n) is 9.42. The second kappa shape index (κ2) is 7.81. The molecule has 30 heavy (non-hydrogen) atoms. The number of ether oxygens (including phenoxy) is 1. The van der Waals surface area contributed by atoms with Gasteiger partial charge in [-0.2, -0.15) is 4.98 Å². The number of hydrogen-bond donors (Lipinski definition) is 0. The van der Waals surface area contributed by atoms with Crippen molar-refractivity contribution in [2.45, 2.75) is 32.0 Å². The molecule has 1 saturated heterocycles. The third-order valence-electron chi connectivity index (χ3n) is 4.93. The van der Waals surface area contributed by atoms with Gasteiger partial charge in [0.25, 0.3) is 5.89 Å². The van der Waals surface area contributed by atoms with Crippen molar-refractivity contribution in [2.75, 3.05) is 11.4 Å². The van der Waals surface area contributed by atoms with Crippen LogP contribution in [0.4, 0.5) is 18.9 Å². The Morgan fingerprint density at radius 1 is 1.17 bits per heavy atom. The summed E-state index contributed by atoms with van der Waals surface area (Å²) in [7, 11) is 0. The number of alkyl halides is 3. The Morgan fingerprint density at radius 3 is 2.60 bits per heavy atom. The fraction of sp³-hybridized carbons (Fsp3) is 0.286. The largest absolute Gasteiger partial charge is 0.573 e. The molecule has 1 fully saturated rings. The minimum absolute atomic E-state index is 0.0323. The van der Waals surface area contributed by atoms with Crippen LogP contribution in [0.5, 0.6) is 5.75 Å². The number of anilines is 1. The molecule has 1 aliphatic rings. The molecule has 0 radical (unpaired) electrons. The van der Waals surface area contributed by atoms with E-state index in [0.717, 1.165) is 12.1 Å². The lowest BCUT2D eigenvalue weighted by atomic mass is 10.1. The second-order valence-corrected chi connectivity index (χ2v) is 6.93. The summed E-state index contributed by atoms with van der Waals surface area (Å²) in [6.45, 7) is 2.42. The van der Waals surface area contributed by atoms with E-state index in [1.807, 2.05) is 24.3 Å². The molecule has 1 amide bonds. The average Bonchev–Trinajstić information content (AvgIpc) is 3.34. The molecule has 0 N–H and O–H groups in total. The van der Waals surface area contributed by atoms with Crippen molar-refractivity contribution < 1.29 is 27.2 Å². The van der Waals surface area contributed by atoms with Crippen LogP contribution >= 0.6 is 0 Å². The second-order valence-electron chi connectivity index (χ2n) is 6.93. The van der Waals surface area contributed by atoms with Gasteiger partial charge >= 0.3 is 6.36 Å². The van der Waals surface area contributed by atoms with Crippen molar-refractivity contribution in [3.8, 4) is 17.2 Å². The SMILES string of the molecule is CCc1ccc(N2CC(c3noc(-c4ccccc4OC(F)(F)F)n3)CC2=O)cc1. The molecular weight excluding hydrogens is 399 g/mol. The number of rotatable bonds is 5. The number of carbonyl (C=O) groups excluding carboxylic acids is 1. The first-order chi connectivity index (χ1) is 14.3. The molecule has 3 aromatic rings. The van der Waals surface area contributed by atoms with E-state index in [1.165, 1.54) is 23.8 Å². The van der Waals surface area contributed by atoms with E-state index in [1.54, 1.807) is 11.0 Å². The molecule has 0 spiro atoms. The number of nitrogens with zero attached hydrogens (tertiary/aromatic N) is 3. The summed E-state index contributed by atoms with van der Waals surface area (Å²) in [6.07, 6.45) is -3.75. The molecule has 1 unspecified atom stereocenters. The van der Waals surface area contributed by atoms with E-state index in [4.69, 9.17) is 4.52 Å². The van der Waals surface area contributed by atoms with Crippen LogP contribution in [-0.4, -0.2) is 29.0 Å². The normalized spacial score (nSPS) is 16.9. The number of halogens is 3. The molecule has 0 bridgehead atoms. The highest BCUT2D eigenvalue weighted by Gasteiger charge is 2.36. The summed E-state index contributed by atoms with van der Waals surface area (Å²) >= 11 is 0. The molecule has 4 rings (SSSR count). The van der Waals surface area contributed by atoms with Crippen LogP contribution in [0, 0.1) is 0 Å². The zero-order valence-corrected chi connectivity index (χ0v) is 16.0. The Balaban J connectivity index is 1.54. The molecule has 0 aliphatic carbocycles. The first kappa shape index (κ1) is 19.9. The number of benzene rings is 2. The van der Waals surface area contributed by atoms with Crippen molar-refractivity contribution in [3.05, 3.63) is 59.9 Å². The van der Waals surface area contributed by atoms with Crippen LogP contribution in [-0.2, 0) is 11.2 Å². The van der Waals surface area contributed by atoms with Gasteiger partial charge < -0.3 is 14.2 Å². The molecule has 9 heteroatoms. The van der Waals surface area contributed by atoms with Gasteiger partial charge in [-0.05, 0) is 36.2 Å². The maximum atomic E-state index is 12.7. The molecule has 0 saturated carbocycles. The van der Waals surface area contributed by atoms with Gasteiger partial charge in [0.15, 0.2) is 5.82 Å². The van der Waals surface area contributed by atoms with Gasteiger partial charge in [-0.3, -0.25) is 4.79 Å².